The van der Waals surface area contributed by atoms with Gasteiger partial charge in [0.1, 0.15) is 0 Å². The Balaban J connectivity index is 1.91. The minimum atomic E-state index is 0.108. The van der Waals surface area contributed by atoms with Crippen LogP contribution in [0.1, 0.15) is 28.4 Å². The Morgan fingerprint density at radius 1 is 0.773 bits per heavy atom. The largest absolute Gasteiger partial charge is 0.295 e. The molecule has 22 heavy (non-hydrogen) atoms. The van der Waals surface area contributed by atoms with Crippen molar-refractivity contribution in [3.05, 3.63) is 95.6 Å². The Labute approximate surface area is 131 Å². The van der Waals surface area contributed by atoms with Gasteiger partial charge in [-0.25, -0.2) is 0 Å². The summed E-state index contributed by atoms with van der Waals surface area (Å²) in [5, 5.41) is 0. The number of Topliss-reactive ketones (excluding diaryl/α,β-unsaturated/α-hetero) is 1. The van der Waals surface area contributed by atoms with Crippen LogP contribution in [0, 0.1) is 0 Å². The summed E-state index contributed by atoms with van der Waals surface area (Å²) in [6, 6.07) is 26.8. The lowest BCUT2D eigenvalue weighted by Gasteiger charge is -2.10. The van der Waals surface area contributed by atoms with E-state index in [4.69, 9.17) is 0 Å². The predicted molar refractivity (Wildman–Crippen MR) is 91.1 cm³/mol. The van der Waals surface area contributed by atoms with Crippen molar-refractivity contribution in [2.24, 2.45) is 0 Å². The average Bonchev–Trinajstić information content (AvgIpc) is 2.57. The summed E-state index contributed by atoms with van der Waals surface area (Å²) in [4.78, 5) is 11.4. The monoisotopic (exact) mass is 286 g/mol. The van der Waals surface area contributed by atoms with E-state index in [1.165, 1.54) is 22.3 Å². The molecule has 0 bridgehead atoms. The molecule has 1 heteroatoms. The highest BCUT2D eigenvalue weighted by atomic mass is 16.1. The molecule has 0 spiro atoms. The Kier molecular flexibility index (Phi) is 4.15. The van der Waals surface area contributed by atoms with Crippen molar-refractivity contribution in [3.8, 4) is 11.1 Å². The third kappa shape index (κ3) is 3.15. The van der Waals surface area contributed by atoms with Gasteiger partial charge in [-0.3, -0.25) is 4.79 Å². The summed E-state index contributed by atoms with van der Waals surface area (Å²) in [7, 11) is 0. The molecule has 0 radical (unpaired) electrons. The fourth-order valence-corrected chi connectivity index (χ4v) is 2.65. The second-order valence-electron chi connectivity index (χ2n) is 5.45. The Morgan fingerprint density at radius 2 is 1.41 bits per heavy atom. The van der Waals surface area contributed by atoms with Gasteiger partial charge in [-0.1, -0.05) is 78.9 Å². The zero-order valence-corrected chi connectivity index (χ0v) is 12.6. The lowest BCUT2D eigenvalue weighted by Crippen LogP contribution is -1.95. The van der Waals surface area contributed by atoms with E-state index in [0.717, 1.165) is 12.0 Å². The van der Waals surface area contributed by atoms with E-state index in [1.807, 2.05) is 30.3 Å². The Morgan fingerprint density at radius 3 is 2.09 bits per heavy atom. The first-order chi connectivity index (χ1) is 10.7. The molecule has 0 atom stereocenters. The molecule has 0 fully saturated rings. The van der Waals surface area contributed by atoms with Gasteiger partial charge in [0.05, 0.1) is 0 Å². The van der Waals surface area contributed by atoms with E-state index < -0.39 is 0 Å². The molecule has 108 valence electrons. The molecule has 3 aromatic rings. The third-order valence-electron chi connectivity index (χ3n) is 3.86. The van der Waals surface area contributed by atoms with E-state index in [2.05, 4.69) is 48.5 Å². The van der Waals surface area contributed by atoms with E-state index in [-0.39, 0.29) is 5.78 Å². The zero-order chi connectivity index (χ0) is 15.4. The first kappa shape index (κ1) is 14.3. The van der Waals surface area contributed by atoms with Crippen LogP contribution in [-0.2, 0) is 6.42 Å². The fourth-order valence-electron chi connectivity index (χ4n) is 2.65. The predicted octanol–water partition coefficient (Wildman–Crippen LogP) is 5.15. The number of carbonyl (C=O) groups excluding carboxylic acids is 1. The quantitative estimate of drug-likeness (QED) is 0.606. The molecule has 0 N–H and O–H groups in total. The SMILES string of the molecule is CC(=O)c1ccc(Cc2ccccc2-c2ccccc2)cc1. The first-order valence-electron chi connectivity index (χ1n) is 7.47. The van der Waals surface area contributed by atoms with Crippen molar-refractivity contribution in [2.45, 2.75) is 13.3 Å². The number of ketones is 1. The van der Waals surface area contributed by atoms with Gasteiger partial charge in [-0.15, -0.1) is 0 Å². The van der Waals surface area contributed by atoms with Crippen LogP contribution in [0.5, 0.6) is 0 Å². The summed E-state index contributed by atoms with van der Waals surface area (Å²) in [5.41, 5.74) is 5.77. The smallest absolute Gasteiger partial charge is 0.159 e. The highest BCUT2D eigenvalue weighted by Crippen LogP contribution is 2.25. The van der Waals surface area contributed by atoms with Crippen LogP contribution in [0.2, 0.25) is 0 Å². The Bertz CT molecular complexity index is 771. The molecule has 0 saturated carbocycles. The molecule has 0 heterocycles. The normalized spacial score (nSPS) is 10.4. The van der Waals surface area contributed by atoms with Gasteiger partial charge in [-0.2, -0.15) is 0 Å². The van der Waals surface area contributed by atoms with Crippen LogP contribution in [0.25, 0.3) is 11.1 Å². The lowest BCUT2D eigenvalue weighted by molar-refractivity contribution is 0.101. The van der Waals surface area contributed by atoms with Gasteiger partial charge in [-0.05, 0) is 35.6 Å². The van der Waals surface area contributed by atoms with E-state index in [9.17, 15) is 4.79 Å². The fraction of sp³-hybridized carbons (Fsp3) is 0.0952. The van der Waals surface area contributed by atoms with Gasteiger partial charge < -0.3 is 0 Å². The number of hydrogen-bond donors (Lipinski definition) is 0. The second-order valence-corrected chi connectivity index (χ2v) is 5.45. The van der Waals surface area contributed by atoms with Crippen molar-refractivity contribution < 1.29 is 4.79 Å². The van der Waals surface area contributed by atoms with Crippen molar-refractivity contribution >= 4 is 5.78 Å². The van der Waals surface area contributed by atoms with Crippen LogP contribution >= 0.6 is 0 Å². The van der Waals surface area contributed by atoms with Crippen LogP contribution in [0.4, 0.5) is 0 Å². The molecule has 0 aliphatic heterocycles. The number of carbonyl (C=O) groups is 1. The van der Waals surface area contributed by atoms with Gasteiger partial charge >= 0.3 is 0 Å². The standard InChI is InChI=1S/C21H18O/c1-16(22)18-13-11-17(12-14-18)15-20-9-5-6-10-21(20)19-7-3-2-4-8-19/h2-14H,15H2,1H3. The average molecular weight is 286 g/mol. The number of hydrogen-bond acceptors (Lipinski definition) is 1. The molecule has 0 aromatic heterocycles. The third-order valence-corrected chi connectivity index (χ3v) is 3.86. The summed E-state index contributed by atoms with van der Waals surface area (Å²) < 4.78 is 0. The summed E-state index contributed by atoms with van der Waals surface area (Å²) in [6.07, 6.45) is 0.864. The first-order valence-corrected chi connectivity index (χ1v) is 7.47. The molecule has 0 unspecified atom stereocenters. The maximum atomic E-state index is 11.4. The number of rotatable bonds is 4. The Hall–Kier alpha value is -2.67. The second kappa shape index (κ2) is 6.40. The van der Waals surface area contributed by atoms with Gasteiger partial charge in [0.2, 0.25) is 0 Å². The van der Waals surface area contributed by atoms with Gasteiger partial charge in [0.25, 0.3) is 0 Å². The minimum Gasteiger partial charge on any atom is -0.295 e. The van der Waals surface area contributed by atoms with E-state index >= 15 is 0 Å². The van der Waals surface area contributed by atoms with Crippen molar-refractivity contribution in [3.63, 3.8) is 0 Å². The van der Waals surface area contributed by atoms with Crippen molar-refractivity contribution in [1.29, 1.82) is 0 Å². The van der Waals surface area contributed by atoms with Crippen molar-refractivity contribution in [1.82, 2.24) is 0 Å². The molecule has 0 amide bonds. The van der Waals surface area contributed by atoms with Crippen LogP contribution in [-0.4, -0.2) is 5.78 Å². The minimum absolute atomic E-state index is 0.108. The molecule has 3 aromatic carbocycles. The highest BCUT2D eigenvalue weighted by molar-refractivity contribution is 5.94. The van der Waals surface area contributed by atoms with Crippen LogP contribution < -0.4 is 0 Å². The maximum absolute atomic E-state index is 11.4. The summed E-state index contributed by atoms with van der Waals surface area (Å²) in [6.45, 7) is 1.60. The highest BCUT2D eigenvalue weighted by Gasteiger charge is 2.06. The summed E-state index contributed by atoms with van der Waals surface area (Å²) >= 11 is 0. The summed E-state index contributed by atoms with van der Waals surface area (Å²) in [5.74, 6) is 0.108. The molecule has 0 saturated heterocycles. The molecular weight excluding hydrogens is 268 g/mol. The van der Waals surface area contributed by atoms with Crippen LogP contribution in [0.3, 0.4) is 0 Å². The molecule has 3 rings (SSSR count). The van der Waals surface area contributed by atoms with Gasteiger partial charge in [0, 0.05) is 5.56 Å². The molecule has 0 aliphatic rings. The lowest BCUT2D eigenvalue weighted by atomic mass is 9.94. The van der Waals surface area contributed by atoms with E-state index in [1.54, 1.807) is 6.92 Å². The number of benzene rings is 3. The molecular formula is C21H18O. The topological polar surface area (TPSA) is 17.1 Å². The van der Waals surface area contributed by atoms with Crippen molar-refractivity contribution in [2.75, 3.05) is 0 Å². The van der Waals surface area contributed by atoms with Gasteiger partial charge in [0.15, 0.2) is 5.78 Å². The molecule has 0 aliphatic carbocycles. The maximum Gasteiger partial charge on any atom is 0.159 e. The zero-order valence-electron chi connectivity index (χ0n) is 12.6. The molecule has 1 nitrogen and oxygen atoms in total. The van der Waals surface area contributed by atoms with Crippen LogP contribution in [0.15, 0.2) is 78.9 Å². The van der Waals surface area contributed by atoms with E-state index in [0.29, 0.717) is 0 Å².